The first-order chi connectivity index (χ1) is 23.5. The van der Waals surface area contributed by atoms with Gasteiger partial charge >= 0.3 is 0 Å². The molecular formula is C46H44N2. The van der Waals surface area contributed by atoms with E-state index < -0.39 is 0 Å². The van der Waals surface area contributed by atoms with Gasteiger partial charge in [0.05, 0.1) is 6.67 Å². The maximum Gasteiger partial charge on any atom is 0.0707 e. The molecule has 0 saturated heterocycles. The minimum Gasteiger partial charge on any atom is -0.359 e. The Morgan fingerprint density at radius 2 is 0.917 bits per heavy atom. The fourth-order valence-electron chi connectivity index (χ4n) is 15.4. The van der Waals surface area contributed by atoms with Gasteiger partial charge in [-0.05, 0) is 208 Å². The van der Waals surface area contributed by atoms with Crippen molar-refractivity contribution < 1.29 is 0 Å². The van der Waals surface area contributed by atoms with Crippen LogP contribution in [0.15, 0.2) is 48.5 Å². The Morgan fingerprint density at radius 3 is 1.38 bits per heavy atom. The second-order valence-corrected chi connectivity index (χ2v) is 18.5. The molecule has 2 nitrogen and oxygen atoms in total. The van der Waals surface area contributed by atoms with Gasteiger partial charge in [0, 0.05) is 18.8 Å². The van der Waals surface area contributed by atoms with Crippen molar-refractivity contribution in [2.24, 2.45) is 23.7 Å². The molecular weight excluding hydrogens is 581 g/mol. The van der Waals surface area contributed by atoms with Crippen molar-refractivity contribution in [3.05, 3.63) is 121 Å². The molecule has 4 aromatic rings. The van der Waals surface area contributed by atoms with Crippen molar-refractivity contribution in [3.63, 3.8) is 0 Å². The van der Waals surface area contributed by atoms with E-state index >= 15 is 0 Å². The Hall–Kier alpha value is -3.36. The highest BCUT2D eigenvalue weighted by Crippen LogP contribution is 2.81. The molecule has 0 amide bonds. The molecule has 10 aliphatic rings. The van der Waals surface area contributed by atoms with E-state index in [0.717, 1.165) is 97.2 Å². The summed E-state index contributed by atoms with van der Waals surface area (Å²) in [6.45, 7) is 10.2. The molecule has 0 N–H and O–H groups in total. The minimum absolute atomic E-state index is 0.809. The number of rotatable bonds is 1. The fraction of sp³-hybridized carbons (Fsp3) is 0.478. The van der Waals surface area contributed by atoms with Gasteiger partial charge < -0.3 is 4.90 Å². The lowest BCUT2D eigenvalue weighted by Crippen LogP contribution is -2.44. The van der Waals surface area contributed by atoms with Gasteiger partial charge in [0.2, 0.25) is 0 Å². The highest BCUT2D eigenvalue weighted by molar-refractivity contribution is 5.82. The summed E-state index contributed by atoms with van der Waals surface area (Å²) in [5.74, 6) is 10.1. The summed E-state index contributed by atoms with van der Waals surface area (Å²) in [7, 11) is 2.28. The summed E-state index contributed by atoms with van der Waals surface area (Å²) in [4.78, 5) is 5.08. The van der Waals surface area contributed by atoms with Crippen molar-refractivity contribution in [3.8, 4) is 11.1 Å². The van der Waals surface area contributed by atoms with Gasteiger partial charge in [-0.3, -0.25) is 4.90 Å². The van der Waals surface area contributed by atoms with Gasteiger partial charge in [0.15, 0.2) is 0 Å². The van der Waals surface area contributed by atoms with Gasteiger partial charge in [-0.1, -0.05) is 42.5 Å². The number of anilines is 1. The van der Waals surface area contributed by atoms with Crippen molar-refractivity contribution in [1.29, 1.82) is 0 Å². The average molecular weight is 625 g/mol. The van der Waals surface area contributed by atoms with Gasteiger partial charge in [-0.25, -0.2) is 0 Å². The second kappa shape index (κ2) is 7.83. The molecule has 4 fully saturated rings. The maximum absolute atomic E-state index is 2.74. The molecule has 1 aliphatic heterocycles. The first-order valence-electron chi connectivity index (χ1n) is 19.5. The molecule has 4 saturated carbocycles. The Labute approximate surface area is 284 Å². The summed E-state index contributed by atoms with van der Waals surface area (Å²) in [5, 5.41) is 0. The Bertz CT molecular complexity index is 2260. The van der Waals surface area contributed by atoms with Crippen LogP contribution in [0.3, 0.4) is 0 Å². The van der Waals surface area contributed by atoms with Crippen molar-refractivity contribution in [2.75, 3.05) is 25.2 Å². The third kappa shape index (κ3) is 2.54. The zero-order valence-electron chi connectivity index (χ0n) is 28.7. The van der Waals surface area contributed by atoms with E-state index in [-0.39, 0.29) is 0 Å². The zero-order valence-corrected chi connectivity index (χ0v) is 28.7. The minimum atomic E-state index is 0.809. The van der Waals surface area contributed by atoms with Crippen LogP contribution >= 0.6 is 0 Å². The van der Waals surface area contributed by atoms with Gasteiger partial charge in [0.1, 0.15) is 0 Å². The molecule has 12 unspecified atom stereocenters. The van der Waals surface area contributed by atoms with E-state index in [1.807, 2.05) is 0 Å². The molecule has 0 aromatic heterocycles. The van der Waals surface area contributed by atoms with E-state index in [1.54, 1.807) is 72.3 Å². The molecule has 0 spiro atoms. The summed E-state index contributed by atoms with van der Waals surface area (Å²) >= 11 is 0. The number of aryl methyl sites for hydroxylation is 2. The van der Waals surface area contributed by atoms with Crippen LogP contribution < -0.4 is 4.90 Å². The number of fused-ring (bicyclic) bond motifs is 32. The van der Waals surface area contributed by atoms with Gasteiger partial charge in [0.25, 0.3) is 0 Å². The predicted octanol–water partition coefficient (Wildman–Crippen LogP) is 9.53. The van der Waals surface area contributed by atoms with Gasteiger partial charge in [-0.15, -0.1) is 0 Å². The maximum atomic E-state index is 2.74. The normalized spacial score (nSPS) is 39.2. The summed E-state index contributed by atoms with van der Waals surface area (Å²) in [6, 6.07) is 21.4. The van der Waals surface area contributed by atoms with E-state index in [0.29, 0.717) is 0 Å². The Morgan fingerprint density at radius 1 is 0.521 bits per heavy atom. The summed E-state index contributed by atoms with van der Waals surface area (Å²) < 4.78 is 0. The van der Waals surface area contributed by atoms with Crippen LogP contribution in [-0.2, 0) is 13.0 Å². The second-order valence-electron chi connectivity index (χ2n) is 18.5. The lowest BCUT2D eigenvalue weighted by molar-refractivity contribution is 0.227. The number of nitrogens with zero attached hydrogens (tertiary/aromatic N) is 2. The first kappa shape index (κ1) is 25.6. The average Bonchev–Trinajstić information content (AvgIpc) is 3.82. The van der Waals surface area contributed by atoms with Crippen molar-refractivity contribution in [2.45, 2.75) is 93.9 Å². The van der Waals surface area contributed by atoms with E-state index in [2.05, 4.69) is 86.1 Å². The van der Waals surface area contributed by atoms with Crippen LogP contribution in [0.1, 0.15) is 139 Å². The third-order valence-corrected chi connectivity index (χ3v) is 17.0. The topological polar surface area (TPSA) is 6.48 Å². The highest BCUT2D eigenvalue weighted by atomic mass is 15.3. The molecule has 2 heteroatoms. The Balaban J connectivity index is 0.806. The van der Waals surface area contributed by atoms with Crippen molar-refractivity contribution in [1.82, 2.24) is 4.90 Å². The van der Waals surface area contributed by atoms with Crippen LogP contribution in [0.4, 0.5) is 5.69 Å². The first-order valence-corrected chi connectivity index (χ1v) is 19.5. The van der Waals surface area contributed by atoms with Crippen molar-refractivity contribution >= 4 is 5.69 Å². The lowest BCUT2D eigenvalue weighted by atomic mass is 9.49. The molecule has 0 radical (unpaired) electrons. The SMILES string of the molecule is CCN1CN(C)Cc2cc3c(cc21)C1C2CC(C31)C1c3cc4c(cc3C21)Cc1cc2c(cc1-4)C1C3CC(C4c5cc(C)c(C)cc5C34)C21. The van der Waals surface area contributed by atoms with Crippen LogP contribution in [0.5, 0.6) is 0 Å². The smallest absolute Gasteiger partial charge is 0.0707 e. The molecule has 4 aromatic carbocycles. The monoisotopic (exact) mass is 624 g/mol. The van der Waals surface area contributed by atoms with Crippen LogP contribution in [0, 0.1) is 37.5 Å². The predicted molar refractivity (Wildman–Crippen MR) is 192 cm³/mol. The van der Waals surface area contributed by atoms with Crippen LogP contribution in [0.2, 0.25) is 0 Å². The van der Waals surface area contributed by atoms with E-state index in [9.17, 15) is 0 Å². The number of benzene rings is 4. The molecule has 9 aliphatic carbocycles. The quantitative estimate of drug-likeness (QED) is 0.171. The summed E-state index contributed by atoms with van der Waals surface area (Å²) in [5.41, 5.74) is 26.5. The van der Waals surface area contributed by atoms with E-state index in [4.69, 9.17) is 0 Å². The van der Waals surface area contributed by atoms with E-state index in [1.165, 1.54) is 29.7 Å². The van der Waals surface area contributed by atoms with Crippen LogP contribution in [0.25, 0.3) is 11.1 Å². The highest BCUT2D eigenvalue weighted by Gasteiger charge is 2.69. The molecule has 4 bridgehead atoms. The molecule has 12 atom stereocenters. The number of hydrogen-bond acceptors (Lipinski definition) is 2. The standard InChI is InChI=1S/C46H44N2/c1-5-48-18-47(4)17-23-11-30-33(16-38(23)48)46-37-15-36(43(30)46)45-32-13-25-22(10-29(32)42(37)45)8-21-9-28-31(12-24(21)25)44-35-14-34(41(28)44)39-26-6-19(2)20(3)7-27(26)40(35)39/h6-7,9-13,16,34-37,39-46H,5,8,14-15,17-18H2,1-4H3. The fourth-order valence-corrected chi connectivity index (χ4v) is 15.4. The Kier molecular flexibility index (Phi) is 4.18. The van der Waals surface area contributed by atoms with Gasteiger partial charge in [-0.2, -0.15) is 0 Å². The number of hydrogen-bond donors (Lipinski definition) is 0. The van der Waals surface area contributed by atoms with Crippen LogP contribution in [-0.4, -0.2) is 25.2 Å². The molecule has 14 rings (SSSR count). The largest absolute Gasteiger partial charge is 0.359 e. The molecule has 1 heterocycles. The lowest BCUT2D eigenvalue weighted by Gasteiger charge is -2.55. The molecule has 238 valence electrons. The molecule has 48 heavy (non-hydrogen) atoms. The third-order valence-electron chi connectivity index (χ3n) is 17.0. The zero-order chi connectivity index (χ0) is 31.2. The summed E-state index contributed by atoms with van der Waals surface area (Å²) in [6.07, 6.45) is 4.09.